The number of anilines is 1. The van der Waals surface area contributed by atoms with E-state index in [2.05, 4.69) is 0 Å². The molecule has 1 aromatic rings. The summed E-state index contributed by atoms with van der Waals surface area (Å²) in [6, 6.07) is 3.79. The minimum absolute atomic E-state index is 0.316. The molecular weight excluding hydrogens is 256 g/mol. The van der Waals surface area contributed by atoms with Crippen LogP contribution in [0.25, 0.3) is 0 Å². The summed E-state index contributed by atoms with van der Waals surface area (Å²) in [5, 5.41) is 0. The maximum Gasteiger partial charge on any atom is 0.410 e. The molecule has 20 heavy (non-hydrogen) atoms. The van der Waals surface area contributed by atoms with E-state index < -0.39 is 5.60 Å². The van der Waals surface area contributed by atoms with Crippen molar-refractivity contribution in [2.75, 3.05) is 18.9 Å². The lowest BCUT2D eigenvalue weighted by Crippen LogP contribution is -2.37. The van der Waals surface area contributed by atoms with E-state index in [0.717, 1.165) is 16.9 Å². The molecule has 0 unspecified atom stereocenters. The van der Waals surface area contributed by atoms with Crippen LogP contribution in [0.15, 0.2) is 12.1 Å². The van der Waals surface area contributed by atoms with Crippen LogP contribution < -0.4 is 10.5 Å². The van der Waals surface area contributed by atoms with E-state index in [4.69, 9.17) is 15.2 Å². The second kappa shape index (κ2) is 5.23. The highest BCUT2D eigenvalue weighted by Gasteiger charge is 2.25. The van der Waals surface area contributed by atoms with Crippen molar-refractivity contribution in [1.29, 1.82) is 0 Å². The standard InChI is InChI=1S/C15H22N2O3/c1-10-7-11-9-17(14(18)20-15(2,3)4)5-6-19-13(11)8-12(10)16/h7-8H,5-6,9,16H2,1-4H3. The number of carbonyl (C=O) groups is 1. The summed E-state index contributed by atoms with van der Waals surface area (Å²) >= 11 is 0. The van der Waals surface area contributed by atoms with Crippen LogP contribution in [0.4, 0.5) is 10.5 Å². The molecule has 1 amide bonds. The molecule has 0 saturated heterocycles. The number of nitrogens with zero attached hydrogens (tertiary/aromatic N) is 1. The molecule has 0 aliphatic carbocycles. The van der Waals surface area contributed by atoms with Crippen LogP contribution in [-0.4, -0.2) is 29.7 Å². The van der Waals surface area contributed by atoms with Crippen molar-refractivity contribution in [3.8, 4) is 5.75 Å². The number of ether oxygens (including phenoxy) is 2. The third kappa shape index (κ3) is 3.35. The van der Waals surface area contributed by atoms with E-state index in [1.54, 1.807) is 4.90 Å². The molecule has 1 aliphatic rings. The van der Waals surface area contributed by atoms with Gasteiger partial charge in [-0.05, 0) is 39.3 Å². The van der Waals surface area contributed by atoms with Gasteiger partial charge in [0.15, 0.2) is 0 Å². The van der Waals surface area contributed by atoms with E-state index in [1.165, 1.54) is 0 Å². The minimum atomic E-state index is -0.496. The summed E-state index contributed by atoms with van der Waals surface area (Å²) in [5.41, 5.74) is 8.04. The average Bonchev–Trinajstić information content (AvgIpc) is 2.50. The number of amides is 1. The number of aryl methyl sites for hydroxylation is 1. The maximum atomic E-state index is 12.2. The molecule has 0 spiro atoms. The fourth-order valence-corrected chi connectivity index (χ4v) is 2.05. The van der Waals surface area contributed by atoms with Crippen molar-refractivity contribution in [3.05, 3.63) is 23.3 Å². The largest absolute Gasteiger partial charge is 0.491 e. The lowest BCUT2D eigenvalue weighted by Gasteiger charge is -2.26. The van der Waals surface area contributed by atoms with Gasteiger partial charge in [-0.1, -0.05) is 0 Å². The molecule has 0 radical (unpaired) electrons. The molecule has 1 aliphatic heterocycles. The van der Waals surface area contributed by atoms with Crippen molar-refractivity contribution in [2.45, 2.75) is 39.8 Å². The number of hydrogen-bond acceptors (Lipinski definition) is 4. The first-order valence-corrected chi connectivity index (χ1v) is 6.76. The van der Waals surface area contributed by atoms with Gasteiger partial charge in [-0.25, -0.2) is 4.79 Å². The third-order valence-electron chi connectivity index (χ3n) is 3.08. The summed E-state index contributed by atoms with van der Waals surface area (Å²) in [5.74, 6) is 0.749. The van der Waals surface area contributed by atoms with E-state index in [9.17, 15) is 4.79 Å². The van der Waals surface area contributed by atoms with Gasteiger partial charge in [0.25, 0.3) is 0 Å². The van der Waals surface area contributed by atoms with Gasteiger partial charge in [0.05, 0.1) is 13.1 Å². The summed E-state index contributed by atoms with van der Waals surface area (Å²) < 4.78 is 11.1. The van der Waals surface area contributed by atoms with Crippen LogP contribution in [0, 0.1) is 6.92 Å². The normalized spacial score (nSPS) is 15.1. The Hall–Kier alpha value is -1.91. The van der Waals surface area contributed by atoms with Crippen molar-refractivity contribution in [1.82, 2.24) is 4.90 Å². The first-order valence-electron chi connectivity index (χ1n) is 6.76. The lowest BCUT2D eigenvalue weighted by atomic mass is 10.1. The summed E-state index contributed by atoms with van der Waals surface area (Å²) in [4.78, 5) is 13.8. The number of hydrogen-bond donors (Lipinski definition) is 1. The summed E-state index contributed by atoms with van der Waals surface area (Å²) in [6.45, 7) is 8.94. The molecule has 1 heterocycles. The molecule has 0 fully saturated rings. The molecule has 0 aromatic heterocycles. The number of rotatable bonds is 0. The molecular formula is C15H22N2O3. The Balaban J connectivity index is 2.19. The molecule has 0 saturated carbocycles. The Kier molecular flexibility index (Phi) is 3.79. The lowest BCUT2D eigenvalue weighted by molar-refractivity contribution is 0.0225. The Morgan fingerprint density at radius 3 is 2.75 bits per heavy atom. The van der Waals surface area contributed by atoms with Gasteiger partial charge in [0.1, 0.15) is 18.0 Å². The number of benzene rings is 1. The Morgan fingerprint density at radius 2 is 2.10 bits per heavy atom. The van der Waals surface area contributed by atoms with Crippen LogP contribution in [0.5, 0.6) is 5.75 Å². The monoisotopic (exact) mass is 278 g/mol. The highest BCUT2D eigenvalue weighted by Crippen LogP contribution is 2.28. The van der Waals surface area contributed by atoms with Gasteiger partial charge in [0.2, 0.25) is 0 Å². The number of fused-ring (bicyclic) bond motifs is 1. The molecule has 1 aromatic carbocycles. The predicted octanol–water partition coefficient (Wildman–Crippen LogP) is 2.71. The smallest absolute Gasteiger partial charge is 0.410 e. The highest BCUT2D eigenvalue weighted by atomic mass is 16.6. The topological polar surface area (TPSA) is 64.8 Å². The number of carbonyl (C=O) groups excluding carboxylic acids is 1. The first kappa shape index (κ1) is 14.5. The summed E-state index contributed by atoms with van der Waals surface area (Å²) in [6.07, 6.45) is -0.316. The van der Waals surface area contributed by atoms with Crippen LogP contribution in [-0.2, 0) is 11.3 Å². The SMILES string of the molecule is Cc1cc2c(cc1N)OCCN(C(=O)OC(C)(C)C)C2. The van der Waals surface area contributed by atoms with E-state index in [-0.39, 0.29) is 6.09 Å². The average molecular weight is 278 g/mol. The molecule has 2 rings (SSSR count). The van der Waals surface area contributed by atoms with Crippen LogP contribution in [0.2, 0.25) is 0 Å². The fraction of sp³-hybridized carbons (Fsp3) is 0.533. The molecule has 2 N–H and O–H groups in total. The van der Waals surface area contributed by atoms with Crippen molar-refractivity contribution in [2.24, 2.45) is 0 Å². The van der Waals surface area contributed by atoms with Crippen LogP contribution in [0.1, 0.15) is 31.9 Å². The van der Waals surface area contributed by atoms with E-state index in [0.29, 0.717) is 25.4 Å². The Bertz CT molecular complexity index is 521. The quantitative estimate of drug-likeness (QED) is 0.741. The third-order valence-corrected chi connectivity index (χ3v) is 3.08. The van der Waals surface area contributed by atoms with Gasteiger partial charge in [-0.2, -0.15) is 0 Å². The van der Waals surface area contributed by atoms with Crippen molar-refractivity contribution in [3.63, 3.8) is 0 Å². The Morgan fingerprint density at radius 1 is 1.40 bits per heavy atom. The maximum absolute atomic E-state index is 12.2. The van der Waals surface area contributed by atoms with Gasteiger partial charge < -0.3 is 20.1 Å². The van der Waals surface area contributed by atoms with Crippen molar-refractivity contribution >= 4 is 11.8 Å². The Labute approximate surface area is 119 Å². The zero-order valence-electron chi connectivity index (χ0n) is 12.5. The van der Waals surface area contributed by atoms with Crippen LogP contribution >= 0.6 is 0 Å². The molecule has 0 bridgehead atoms. The second-order valence-electron chi connectivity index (χ2n) is 6.07. The van der Waals surface area contributed by atoms with E-state index in [1.807, 2.05) is 39.8 Å². The molecule has 110 valence electrons. The van der Waals surface area contributed by atoms with Gasteiger partial charge in [-0.3, -0.25) is 0 Å². The van der Waals surface area contributed by atoms with Crippen molar-refractivity contribution < 1.29 is 14.3 Å². The van der Waals surface area contributed by atoms with Gasteiger partial charge in [-0.15, -0.1) is 0 Å². The van der Waals surface area contributed by atoms with E-state index >= 15 is 0 Å². The first-order chi connectivity index (χ1) is 9.26. The zero-order valence-corrected chi connectivity index (χ0v) is 12.5. The number of nitrogen functional groups attached to an aromatic ring is 1. The number of nitrogens with two attached hydrogens (primary N) is 1. The zero-order chi connectivity index (χ0) is 14.9. The highest BCUT2D eigenvalue weighted by molar-refractivity contribution is 5.68. The van der Waals surface area contributed by atoms with Crippen LogP contribution in [0.3, 0.4) is 0 Å². The second-order valence-corrected chi connectivity index (χ2v) is 6.07. The molecule has 5 nitrogen and oxygen atoms in total. The summed E-state index contributed by atoms with van der Waals surface area (Å²) in [7, 11) is 0. The molecule has 5 heteroatoms. The molecule has 0 atom stereocenters. The minimum Gasteiger partial charge on any atom is -0.491 e. The van der Waals surface area contributed by atoms with Gasteiger partial charge in [0, 0.05) is 17.3 Å². The predicted molar refractivity (Wildman–Crippen MR) is 77.7 cm³/mol. The van der Waals surface area contributed by atoms with Gasteiger partial charge >= 0.3 is 6.09 Å². The fourth-order valence-electron chi connectivity index (χ4n) is 2.05.